The van der Waals surface area contributed by atoms with Crippen LogP contribution < -0.4 is 10.6 Å². The quantitative estimate of drug-likeness (QED) is 0.832. The molecular weight excluding hydrogens is 288 g/mol. The molecule has 0 aliphatic carbocycles. The molecule has 0 saturated heterocycles. The summed E-state index contributed by atoms with van der Waals surface area (Å²) in [6.45, 7) is 4.18. The van der Waals surface area contributed by atoms with Crippen LogP contribution in [0.5, 0.6) is 0 Å². The summed E-state index contributed by atoms with van der Waals surface area (Å²) in [5, 5.41) is 0. The Morgan fingerprint density at radius 3 is 2.44 bits per heavy atom. The van der Waals surface area contributed by atoms with Gasteiger partial charge in [-0.25, -0.2) is 0 Å². The van der Waals surface area contributed by atoms with E-state index in [-0.39, 0.29) is 0 Å². The molecule has 0 aliphatic heterocycles. The lowest BCUT2D eigenvalue weighted by Crippen LogP contribution is -2.13. The number of halogens is 1. The summed E-state index contributed by atoms with van der Waals surface area (Å²) in [6.07, 6.45) is 0. The van der Waals surface area contributed by atoms with Crippen molar-refractivity contribution in [2.75, 3.05) is 17.7 Å². The van der Waals surface area contributed by atoms with Crippen molar-refractivity contribution in [2.24, 2.45) is 0 Å². The maximum absolute atomic E-state index is 6.06. The van der Waals surface area contributed by atoms with Gasteiger partial charge in [0, 0.05) is 17.2 Å². The van der Waals surface area contributed by atoms with Gasteiger partial charge in [-0.05, 0) is 49.2 Å². The first-order chi connectivity index (χ1) is 8.49. The zero-order valence-corrected chi connectivity index (χ0v) is 12.5. The van der Waals surface area contributed by atoms with E-state index in [1.165, 1.54) is 11.1 Å². The Labute approximate surface area is 117 Å². The summed E-state index contributed by atoms with van der Waals surface area (Å²) in [6, 6.07) is 12.3. The van der Waals surface area contributed by atoms with Gasteiger partial charge in [0.2, 0.25) is 0 Å². The number of benzene rings is 2. The lowest BCUT2D eigenvalue weighted by molar-refractivity contribution is 1.18. The summed E-state index contributed by atoms with van der Waals surface area (Å²) < 4.78 is 1.07. The van der Waals surface area contributed by atoms with E-state index in [4.69, 9.17) is 5.73 Å². The molecule has 2 nitrogen and oxygen atoms in total. The molecule has 0 atom stereocenters. The van der Waals surface area contributed by atoms with Crippen LogP contribution in [0.2, 0.25) is 0 Å². The molecule has 0 bridgehead atoms. The number of nitrogen functional groups attached to an aromatic ring is 1. The van der Waals surface area contributed by atoms with Gasteiger partial charge in [-0.3, -0.25) is 0 Å². The van der Waals surface area contributed by atoms with Crippen LogP contribution in [0.4, 0.5) is 17.1 Å². The number of hydrogen-bond donors (Lipinski definition) is 1. The molecule has 0 heterocycles. The Hall–Kier alpha value is -1.48. The van der Waals surface area contributed by atoms with E-state index in [2.05, 4.69) is 52.9 Å². The van der Waals surface area contributed by atoms with Crippen LogP contribution in [0.1, 0.15) is 11.1 Å². The van der Waals surface area contributed by atoms with Gasteiger partial charge in [-0.2, -0.15) is 0 Å². The first-order valence-corrected chi connectivity index (χ1v) is 6.64. The van der Waals surface area contributed by atoms with E-state index in [1.54, 1.807) is 0 Å². The molecule has 0 unspecified atom stereocenters. The van der Waals surface area contributed by atoms with Gasteiger partial charge in [-0.1, -0.05) is 28.1 Å². The molecule has 2 aromatic carbocycles. The third kappa shape index (κ3) is 2.51. The van der Waals surface area contributed by atoms with Gasteiger partial charge < -0.3 is 10.6 Å². The molecule has 2 N–H and O–H groups in total. The van der Waals surface area contributed by atoms with E-state index in [0.717, 1.165) is 21.5 Å². The maximum Gasteiger partial charge on any atom is 0.0644 e. The first-order valence-electron chi connectivity index (χ1n) is 5.85. The summed E-state index contributed by atoms with van der Waals surface area (Å²) in [7, 11) is 2.04. The van der Waals surface area contributed by atoms with Crippen molar-refractivity contribution in [3.8, 4) is 0 Å². The molecule has 0 aromatic heterocycles. The monoisotopic (exact) mass is 304 g/mol. The Balaban J connectivity index is 2.50. The normalized spacial score (nSPS) is 10.4. The minimum Gasteiger partial charge on any atom is -0.397 e. The third-order valence-electron chi connectivity index (χ3n) is 3.08. The average molecular weight is 305 g/mol. The molecule has 2 rings (SSSR count). The molecule has 0 fully saturated rings. The lowest BCUT2D eigenvalue weighted by Gasteiger charge is -2.23. The van der Waals surface area contributed by atoms with Crippen molar-refractivity contribution < 1.29 is 0 Å². The van der Waals surface area contributed by atoms with E-state index >= 15 is 0 Å². The fraction of sp³-hybridized carbons (Fsp3) is 0.200. The van der Waals surface area contributed by atoms with Gasteiger partial charge in [0.1, 0.15) is 0 Å². The fourth-order valence-electron chi connectivity index (χ4n) is 2.02. The van der Waals surface area contributed by atoms with Gasteiger partial charge >= 0.3 is 0 Å². The Morgan fingerprint density at radius 1 is 1.00 bits per heavy atom. The molecule has 0 spiro atoms. The summed E-state index contributed by atoms with van der Waals surface area (Å²) in [5.41, 5.74) is 11.5. The lowest BCUT2D eigenvalue weighted by atomic mass is 10.1. The van der Waals surface area contributed by atoms with E-state index < -0.39 is 0 Å². The van der Waals surface area contributed by atoms with Crippen molar-refractivity contribution in [1.82, 2.24) is 0 Å². The summed E-state index contributed by atoms with van der Waals surface area (Å²) in [5.74, 6) is 0. The molecule has 18 heavy (non-hydrogen) atoms. The standard InChI is InChI=1S/C15H17BrN2/c1-10-4-7-13(17)15(8-10)18(3)14-9-12(16)6-5-11(14)2/h4-9H,17H2,1-3H3. The minimum atomic E-state index is 0.794. The molecule has 2 aromatic rings. The van der Waals surface area contributed by atoms with Crippen LogP contribution >= 0.6 is 15.9 Å². The average Bonchev–Trinajstić information content (AvgIpc) is 2.34. The Morgan fingerprint density at radius 2 is 1.72 bits per heavy atom. The molecule has 0 amide bonds. The fourth-order valence-corrected chi connectivity index (χ4v) is 2.37. The smallest absolute Gasteiger partial charge is 0.0644 e. The minimum absolute atomic E-state index is 0.794. The number of aryl methyl sites for hydroxylation is 2. The van der Waals surface area contributed by atoms with E-state index in [9.17, 15) is 0 Å². The second kappa shape index (κ2) is 5.02. The Kier molecular flexibility index (Phi) is 3.62. The van der Waals surface area contributed by atoms with Crippen LogP contribution in [0.25, 0.3) is 0 Å². The van der Waals surface area contributed by atoms with E-state index in [0.29, 0.717) is 0 Å². The van der Waals surface area contributed by atoms with Crippen molar-refractivity contribution >= 4 is 33.0 Å². The third-order valence-corrected chi connectivity index (χ3v) is 3.57. The molecular formula is C15H17BrN2. The molecule has 0 aliphatic rings. The van der Waals surface area contributed by atoms with Crippen LogP contribution in [-0.2, 0) is 0 Å². The number of rotatable bonds is 2. The van der Waals surface area contributed by atoms with Crippen molar-refractivity contribution in [1.29, 1.82) is 0 Å². The second-order valence-electron chi connectivity index (χ2n) is 4.55. The van der Waals surface area contributed by atoms with Gasteiger partial charge in [0.15, 0.2) is 0 Å². The van der Waals surface area contributed by atoms with Crippen LogP contribution in [0, 0.1) is 13.8 Å². The van der Waals surface area contributed by atoms with Gasteiger partial charge in [0.25, 0.3) is 0 Å². The molecule has 94 valence electrons. The van der Waals surface area contributed by atoms with E-state index in [1.807, 2.05) is 25.2 Å². The van der Waals surface area contributed by atoms with Gasteiger partial charge in [0.05, 0.1) is 11.4 Å². The topological polar surface area (TPSA) is 29.3 Å². The number of hydrogen-bond acceptors (Lipinski definition) is 2. The highest BCUT2D eigenvalue weighted by molar-refractivity contribution is 9.10. The van der Waals surface area contributed by atoms with Gasteiger partial charge in [-0.15, -0.1) is 0 Å². The highest BCUT2D eigenvalue weighted by Gasteiger charge is 2.10. The van der Waals surface area contributed by atoms with Crippen LogP contribution in [-0.4, -0.2) is 7.05 Å². The summed E-state index contributed by atoms with van der Waals surface area (Å²) >= 11 is 3.51. The van der Waals surface area contributed by atoms with Crippen molar-refractivity contribution in [3.63, 3.8) is 0 Å². The Bertz CT molecular complexity index is 527. The second-order valence-corrected chi connectivity index (χ2v) is 5.47. The van der Waals surface area contributed by atoms with Crippen LogP contribution in [0.3, 0.4) is 0 Å². The predicted octanol–water partition coefficient (Wildman–Crippen LogP) is 4.42. The molecule has 0 radical (unpaired) electrons. The van der Waals surface area contributed by atoms with Crippen molar-refractivity contribution in [3.05, 3.63) is 52.0 Å². The number of nitrogens with zero attached hydrogens (tertiary/aromatic N) is 1. The summed E-state index contributed by atoms with van der Waals surface area (Å²) in [4.78, 5) is 2.13. The zero-order chi connectivity index (χ0) is 13.3. The van der Waals surface area contributed by atoms with Crippen LogP contribution in [0.15, 0.2) is 40.9 Å². The molecule has 0 saturated carbocycles. The first kappa shape index (κ1) is 13.0. The zero-order valence-electron chi connectivity index (χ0n) is 10.9. The number of anilines is 3. The largest absolute Gasteiger partial charge is 0.397 e. The van der Waals surface area contributed by atoms with Crippen molar-refractivity contribution in [2.45, 2.75) is 13.8 Å². The predicted molar refractivity (Wildman–Crippen MR) is 82.5 cm³/mol. The highest BCUT2D eigenvalue weighted by atomic mass is 79.9. The molecule has 3 heteroatoms. The maximum atomic E-state index is 6.06. The highest BCUT2D eigenvalue weighted by Crippen LogP contribution is 2.33. The number of nitrogens with two attached hydrogens (primary N) is 1. The SMILES string of the molecule is Cc1ccc(N)c(N(C)c2cc(Br)ccc2C)c1.